The summed E-state index contributed by atoms with van der Waals surface area (Å²) < 4.78 is 5.52. The lowest BCUT2D eigenvalue weighted by Gasteiger charge is -2.40. The second-order valence-corrected chi connectivity index (χ2v) is 7.98. The lowest BCUT2D eigenvalue weighted by Crippen LogP contribution is -2.54. The first-order chi connectivity index (χ1) is 10.1. The molecule has 2 heterocycles. The number of hydrogen-bond acceptors (Lipinski definition) is 5. The number of hydrogen-bond donors (Lipinski definition) is 3. The fourth-order valence-corrected chi connectivity index (χ4v) is 3.38. The number of nitrogens with one attached hydrogen (secondary N) is 1. The molecule has 2 fully saturated rings. The van der Waals surface area contributed by atoms with Gasteiger partial charge in [0.1, 0.15) is 5.60 Å². The topological polar surface area (TPSA) is 82.0 Å². The maximum atomic E-state index is 12.4. The molecule has 0 aromatic carbocycles. The molecule has 2 saturated heterocycles. The average Bonchev–Trinajstić information content (AvgIpc) is 2.66. The molecule has 3 N–H and O–H groups in total. The lowest BCUT2D eigenvalue weighted by molar-refractivity contribution is -0.00870. The van der Waals surface area contributed by atoms with Crippen LogP contribution in [-0.2, 0) is 4.74 Å². The van der Waals surface area contributed by atoms with Crippen molar-refractivity contribution in [3.63, 3.8) is 0 Å². The zero-order valence-corrected chi connectivity index (χ0v) is 14.1. The van der Waals surface area contributed by atoms with E-state index in [9.17, 15) is 9.90 Å². The Morgan fingerprint density at radius 2 is 1.77 bits per heavy atom. The minimum absolute atomic E-state index is 0.208. The molecular formula is C16H30N2O4. The monoisotopic (exact) mass is 314 g/mol. The molecule has 2 bridgehead atoms. The number of amides is 1. The van der Waals surface area contributed by atoms with Crippen molar-refractivity contribution in [3.8, 4) is 0 Å². The smallest absolute Gasteiger partial charge is 0.410 e. The number of aliphatic hydroxyl groups is 2. The zero-order chi connectivity index (χ0) is 16.5. The third-order valence-electron chi connectivity index (χ3n) is 4.45. The molecule has 2 aliphatic heterocycles. The van der Waals surface area contributed by atoms with Gasteiger partial charge in [-0.2, -0.15) is 0 Å². The second-order valence-electron chi connectivity index (χ2n) is 7.98. The van der Waals surface area contributed by atoms with Crippen LogP contribution in [0.3, 0.4) is 0 Å². The number of carbonyl (C=O) groups excluding carboxylic acids is 1. The van der Waals surface area contributed by atoms with Crippen LogP contribution in [0.5, 0.6) is 0 Å². The van der Waals surface area contributed by atoms with Gasteiger partial charge in [0.25, 0.3) is 0 Å². The Bertz CT molecular complexity index is 391. The molecule has 0 radical (unpaired) electrons. The number of carbonyl (C=O) groups is 1. The van der Waals surface area contributed by atoms with E-state index in [0.29, 0.717) is 6.54 Å². The van der Waals surface area contributed by atoms with Crippen molar-refractivity contribution in [2.45, 2.75) is 82.7 Å². The minimum Gasteiger partial charge on any atom is -0.444 e. The van der Waals surface area contributed by atoms with Crippen molar-refractivity contribution in [1.82, 2.24) is 10.2 Å². The van der Waals surface area contributed by atoms with Gasteiger partial charge in [-0.25, -0.2) is 4.79 Å². The van der Waals surface area contributed by atoms with Crippen LogP contribution in [0.1, 0.15) is 53.4 Å². The quantitative estimate of drug-likeness (QED) is 0.727. The number of fused-ring (bicyclic) bond motifs is 2. The van der Waals surface area contributed by atoms with Crippen LogP contribution >= 0.6 is 0 Å². The van der Waals surface area contributed by atoms with E-state index < -0.39 is 11.2 Å². The predicted octanol–water partition coefficient (Wildman–Crippen LogP) is 1.25. The molecular weight excluding hydrogens is 284 g/mol. The Morgan fingerprint density at radius 1 is 1.23 bits per heavy atom. The molecule has 0 spiro atoms. The number of nitrogens with zero attached hydrogens (tertiary/aromatic N) is 1. The first kappa shape index (κ1) is 17.5. The summed E-state index contributed by atoms with van der Waals surface area (Å²) in [5.41, 5.74) is -1.56. The first-order valence-electron chi connectivity index (χ1n) is 8.19. The zero-order valence-electron chi connectivity index (χ0n) is 14.1. The van der Waals surface area contributed by atoms with Crippen molar-refractivity contribution < 1.29 is 19.7 Å². The number of rotatable bonds is 4. The van der Waals surface area contributed by atoms with Crippen LogP contribution in [0.15, 0.2) is 0 Å². The molecule has 0 aliphatic carbocycles. The number of aliphatic hydroxyl groups excluding tert-OH is 1. The highest BCUT2D eigenvalue weighted by molar-refractivity contribution is 5.69. The van der Waals surface area contributed by atoms with Gasteiger partial charge in [0.05, 0.1) is 12.2 Å². The van der Waals surface area contributed by atoms with Crippen molar-refractivity contribution >= 4 is 6.09 Å². The van der Waals surface area contributed by atoms with Crippen molar-refractivity contribution in [2.75, 3.05) is 13.2 Å². The summed E-state index contributed by atoms with van der Waals surface area (Å²) in [4.78, 5) is 14.3. The minimum atomic E-state index is -1.10. The van der Waals surface area contributed by atoms with Gasteiger partial charge in [-0.15, -0.1) is 0 Å². The van der Waals surface area contributed by atoms with E-state index in [-0.39, 0.29) is 30.8 Å². The van der Waals surface area contributed by atoms with E-state index in [1.54, 1.807) is 6.92 Å². The van der Waals surface area contributed by atoms with Gasteiger partial charge in [-0.3, -0.25) is 0 Å². The van der Waals surface area contributed by atoms with E-state index in [0.717, 1.165) is 25.7 Å². The average molecular weight is 314 g/mol. The Hall–Kier alpha value is -0.850. The summed E-state index contributed by atoms with van der Waals surface area (Å²) in [6.07, 6.45) is 3.56. The van der Waals surface area contributed by atoms with E-state index in [4.69, 9.17) is 9.84 Å². The Kier molecular flexibility index (Phi) is 5.04. The molecule has 3 unspecified atom stereocenters. The van der Waals surface area contributed by atoms with Crippen LogP contribution < -0.4 is 5.32 Å². The number of ether oxygens (including phenoxy) is 1. The third-order valence-corrected chi connectivity index (χ3v) is 4.45. The molecule has 3 atom stereocenters. The molecule has 0 saturated carbocycles. The SMILES string of the molecule is CC(O)(CO)CNC1CC2CCC(C1)N2C(=O)OC(C)(C)C. The maximum absolute atomic E-state index is 12.4. The van der Waals surface area contributed by atoms with Gasteiger partial charge >= 0.3 is 6.09 Å². The first-order valence-corrected chi connectivity index (χ1v) is 8.19. The third kappa shape index (κ3) is 4.33. The summed E-state index contributed by atoms with van der Waals surface area (Å²) in [6, 6.07) is 0.699. The highest BCUT2D eigenvalue weighted by Gasteiger charge is 2.44. The second kappa shape index (κ2) is 6.34. The van der Waals surface area contributed by atoms with Crippen LogP contribution in [0.2, 0.25) is 0 Å². The van der Waals surface area contributed by atoms with Crippen molar-refractivity contribution in [2.24, 2.45) is 0 Å². The van der Waals surface area contributed by atoms with Gasteiger partial charge in [0, 0.05) is 24.7 Å². The highest BCUT2D eigenvalue weighted by Crippen LogP contribution is 2.36. The van der Waals surface area contributed by atoms with E-state index in [1.807, 2.05) is 25.7 Å². The van der Waals surface area contributed by atoms with Gasteiger partial charge in [0.15, 0.2) is 0 Å². The molecule has 2 rings (SSSR count). The molecule has 6 nitrogen and oxygen atoms in total. The van der Waals surface area contributed by atoms with Crippen LogP contribution in [-0.4, -0.2) is 63.7 Å². The molecule has 2 aliphatic rings. The molecule has 128 valence electrons. The summed E-state index contributed by atoms with van der Waals surface area (Å²) >= 11 is 0. The standard InChI is InChI=1S/C16H30N2O4/c1-15(2,3)22-14(20)18-12-5-6-13(18)8-11(7-12)17-9-16(4,21)10-19/h11-13,17,19,21H,5-10H2,1-4H3. The number of piperidine rings is 1. The molecule has 0 aromatic heterocycles. The van der Waals surface area contributed by atoms with Gasteiger partial charge in [-0.1, -0.05) is 0 Å². The van der Waals surface area contributed by atoms with Gasteiger partial charge in [0.2, 0.25) is 0 Å². The summed E-state index contributed by atoms with van der Waals surface area (Å²) in [6.45, 7) is 7.38. The fourth-order valence-electron chi connectivity index (χ4n) is 3.38. The summed E-state index contributed by atoms with van der Waals surface area (Å²) in [5.74, 6) is 0. The van der Waals surface area contributed by atoms with E-state index in [2.05, 4.69) is 5.32 Å². The summed E-state index contributed by atoms with van der Waals surface area (Å²) in [5, 5.41) is 22.3. The molecule has 22 heavy (non-hydrogen) atoms. The van der Waals surface area contributed by atoms with Crippen molar-refractivity contribution in [1.29, 1.82) is 0 Å². The van der Waals surface area contributed by atoms with E-state index in [1.165, 1.54) is 0 Å². The maximum Gasteiger partial charge on any atom is 0.410 e. The highest BCUT2D eigenvalue weighted by atomic mass is 16.6. The van der Waals surface area contributed by atoms with Crippen LogP contribution in [0.25, 0.3) is 0 Å². The Labute approximate surface area is 132 Å². The van der Waals surface area contributed by atoms with Gasteiger partial charge < -0.3 is 25.2 Å². The lowest BCUT2D eigenvalue weighted by atomic mass is 9.96. The Balaban J connectivity index is 1.90. The Morgan fingerprint density at radius 3 is 2.23 bits per heavy atom. The van der Waals surface area contributed by atoms with Gasteiger partial charge in [-0.05, 0) is 53.4 Å². The molecule has 6 heteroatoms. The largest absolute Gasteiger partial charge is 0.444 e. The predicted molar refractivity (Wildman–Crippen MR) is 83.6 cm³/mol. The summed E-state index contributed by atoms with van der Waals surface area (Å²) in [7, 11) is 0. The van der Waals surface area contributed by atoms with E-state index >= 15 is 0 Å². The molecule has 0 aromatic rings. The van der Waals surface area contributed by atoms with Crippen LogP contribution in [0, 0.1) is 0 Å². The fraction of sp³-hybridized carbons (Fsp3) is 0.938. The van der Waals surface area contributed by atoms with Crippen LogP contribution in [0.4, 0.5) is 4.79 Å². The van der Waals surface area contributed by atoms with Crippen molar-refractivity contribution in [3.05, 3.63) is 0 Å². The molecule has 1 amide bonds. The normalized spacial score (nSPS) is 31.0.